The molecule has 18 heavy (non-hydrogen) atoms. The van der Waals surface area contributed by atoms with Crippen molar-refractivity contribution in [2.45, 2.75) is 6.54 Å². The summed E-state index contributed by atoms with van der Waals surface area (Å²) >= 11 is 3.40. The van der Waals surface area contributed by atoms with Crippen LogP contribution in [0.5, 0.6) is 11.5 Å². The van der Waals surface area contributed by atoms with Gasteiger partial charge in [0.15, 0.2) is 11.5 Å². The second-order valence-corrected chi connectivity index (χ2v) is 4.60. The summed E-state index contributed by atoms with van der Waals surface area (Å²) in [5.74, 6) is 1.63. The number of benzene rings is 1. The molecule has 1 N–H and O–H groups in total. The first-order valence-corrected chi connectivity index (χ1v) is 6.36. The molecular formula is C13H11BrN2O2. The van der Waals surface area contributed by atoms with E-state index in [9.17, 15) is 0 Å². The Morgan fingerprint density at radius 2 is 2.17 bits per heavy atom. The Kier molecular flexibility index (Phi) is 3.06. The van der Waals surface area contributed by atoms with E-state index in [2.05, 4.69) is 26.2 Å². The number of hydrogen-bond donors (Lipinski definition) is 1. The Morgan fingerprint density at radius 1 is 1.22 bits per heavy atom. The maximum absolute atomic E-state index is 5.46. The van der Waals surface area contributed by atoms with Gasteiger partial charge >= 0.3 is 0 Å². The number of ether oxygens (including phenoxy) is 2. The van der Waals surface area contributed by atoms with Crippen LogP contribution in [0.15, 0.2) is 41.1 Å². The highest BCUT2D eigenvalue weighted by molar-refractivity contribution is 9.10. The van der Waals surface area contributed by atoms with E-state index in [0.717, 1.165) is 27.4 Å². The van der Waals surface area contributed by atoms with Gasteiger partial charge in [-0.15, -0.1) is 0 Å². The molecule has 0 unspecified atom stereocenters. The third-order valence-electron chi connectivity index (χ3n) is 2.71. The van der Waals surface area contributed by atoms with Crippen LogP contribution in [0.25, 0.3) is 0 Å². The van der Waals surface area contributed by atoms with Crippen molar-refractivity contribution < 1.29 is 9.47 Å². The largest absolute Gasteiger partial charge is 0.454 e. The molecule has 0 aliphatic carbocycles. The zero-order valence-electron chi connectivity index (χ0n) is 9.52. The molecule has 3 rings (SSSR count). The second-order valence-electron chi connectivity index (χ2n) is 3.85. The Balaban J connectivity index is 1.78. The van der Waals surface area contributed by atoms with Crippen LogP contribution in [-0.4, -0.2) is 11.8 Å². The maximum Gasteiger partial charge on any atom is 0.231 e. The van der Waals surface area contributed by atoms with E-state index < -0.39 is 0 Å². The van der Waals surface area contributed by atoms with E-state index in [1.165, 1.54) is 0 Å². The van der Waals surface area contributed by atoms with Crippen molar-refractivity contribution in [2.24, 2.45) is 0 Å². The van der Waals surface area contributed by atoms with E-state index in [-0.39, 0.29) is 0 Å². The Morgan fingerprint density at radius 3 is 3.06 bits per heavy atom. The lowest BCUT2D eigenvalue weighted by atomic mass is 10.2. The summed E-state index contributed by atoms with van der Waals surface area (Å²) in [6, 6.07) is 9.75. The molecule has 0 radical (unpaired) electrons. The van der Waals surface area contributed by atoms with Crippen LogP contribution in [-0.2, 0) is 6.54 Å². The smallest absolute Gasteiger partial charge is 0.231 e. The standard InChI is InChI=1S/C13H11BrN2O2/c14-13-10(4-2-6-15-13)16-7-9-3-1-5-11-12(9)18-8-17-11/h1-6,16H,7-8H2. The maximum atomic E-state index is 5.46. The molecule has 1 aromatic carbocycles. The van der Waals surface area contributed by atoms with Gasteiger partial charge < -0.3 is 14.8 Å². The van der Waals surface area contributed by atoms with Gasteiger partial charge in [0.25, 0.3) is 0 Å². The van der Waals surface area contributed by atoms with Gasteiger partial charge in [-0.05, 0) is 34.1 Å². The molecular weight excluding hydrogens is 296 g/mol. The summed E-state index contributed by atoms with van der Waals surface area (Å²) in [6.07, 6.45) is 1.74. The summed E-state index contributed by atoms with van der Waals surface area (Å²) < 4.78 is 11.6. The Hall–Kier alpha value is -1.75. The van der Waals surface area contributed by atoms with Crippen LogP contribution >= 0.6 is 15.9 Å². The summed E-state index contributed by atoms with van der Waals surface area (Å²) in [5.41, 5.74) is 2.02. The molecule has 92 valence electrons. The van der Waals surface area contributed by atoms with Gasteiger partial charge in [-0.1, -0.05) is 12.1 Å². The minimum Gasteiger partial charge on any atom is -0.454 e. The molecule has 1 aliphatic heterocycles. The molecule has 0 amide bonds. The van der Waals surface area contributed by atoms with Crippen molar-refractivity contribution in [3.05, 3.63) is 46.7 Å². The van der Waals surface area contributed by atoms with Crippen molar-refractivity contribution in [1.82, 2.24) is 4.98 Å². The lowest BCUT2D eigenvalue weighted by Crippen LogP contribution is -2.02. The van der Waals surface area contributed by atoms with Crippen molar-refractivity contribution in [1.29, 1.82) is 0 Å². The molecule has 0 atom stereocenters. The fourth-order valence-electron chi connectivity index (χ4n) is 1.84. The number of nitrogens with zero attached hydrogens (tertiary/aromatic N) is 1. The van der Waals surface area contributed by atoms with E-state index in [1.54, 1.807) is 6.20 Å². The van der Waals surface area contributed by atoms with E-state index in [1.807, 2.05) is 30.3 Å². The number of pyridine rings is 1. The Bertz CT molecular complexity index is 575. The third kappa shape index (κ3) is 2.13. The predicted molar refractivity (Wildman–Crippen MR) is 71.8 cm³/mol. The van der Waals surface area contributed by atoms with Gasteiger partial charge in [-0.25, -0.2) is 4.98 Å². The molecule has 0 saturated carbocycles. The summed E-state index contributed by atoms with van der Waals surface area (Å²) in [5, 5.41) is 3.31. The molecule has 0 fully saturated rings. The number of halogens is 1. The molecule has 2 heterocycles. The number of fused-ring (bicyclic) bond motifs is 1. The van der Waals surface area contributed by atoms with Crippen molar-refractivity contribution in [2.75, 3.05) is 12.1 Å². The zero-order chi connectivity index (χ0) is 12.4. The van der Waals surface area contributed by atoms with Gasteiger partial charge in [-0.3, -0.25) is 0 Å². The quantitative estimate of drug-likeness (QED) is 0.885. The molecule has 0 saturated heterocycles. The summed E-state index contributed by atoms with van der Waals surface area (Å²) in [6.45, 7) is 0.958. The van der Waals surface area contributed by atoms with Crippen molar-refractivity contribution >= 4 is 21.6 Å². The van der Waals surface area contributed by atoms with E-state index >= 15 is 0 Å². The van der Waals surface area contributed by atoms with Crippen LogP contribution in [0.3, 0.4) is 0 Å². The SMILES string of the molecule is Brc1ncccc1NCc1cccc2c1OCO2. The van der Waals surface area contributed by atoms with E-state index in [4.69, 9.17) is 9.47 Å². The lowest BCUT2D eigenvalue weighted by molar-refractivity contribution is 0.173. The number of aromatic nitrogens is 1. The number of nitrogens with one attached hydrogen (secondary N) is 1. The van der Waals surface area contributed by atoms with Crippen LogP contribution in [0.2, 0.25) is 0 Å². The van der Waals surface area contributed by atoms with Crippen LogP contribution in [0.1, 0.15) is 5.56 Å². The minimum atomic E-state index is 0.295. The summed E-state index contributed by atoms with van der Waals surface area (Å²) in [4.78, 5) is 4.16. The first-order valence-electron chi connectivity index (χ1n) is 5.56. The van der Waals surface area contributed by atoms with Gasteiger partial charge in [0, 0.05) is 18.3 Å². The van der Waals surface area contributed by atoms with Crippen LogP contribution in [0.4, 0.5) is 5.69 Å². The van der Waals surface area contributed by atoms with E-state index in [0.29, 0.717) is 13.3 Å². The highest BCUT2D eigenvalue weighted by Crippen LogP contribution is 2.35. The monoisotopic (exact) mass is 306 g/mol. The van der Waals surface area contributed by atoms with Gasteiger partial charge in [-0.2, -0.15) is 0 Å². The lowest BCUT2D eigenvalue weighted by Gasteiger charge is -2.09. The van der Waals surface area contributed by atoms with Crippen molar-refractivity contribution in [3.8, 4) is 11.5 Å². The first-order chi connectivity index (χ1) is 8.84. The topological polar surface area (TPSA) is 43.4 Å². The highest BCUT2D eigenvalue weighted by Gasteiger charge is 2.16. The molecule has 1 aromatic heterocycles. The normalized spacial score (nSPS) is 12.5. The first kappa shape index (κ1) is 11.3. The predicted octanol–water partition coefficient (Wildman–Crippen LogP) is 3.18. The molecule has 0 spiro atoms. The van der Waals surface area contributed by atoms with Gasteiger partial charge in [0.1, 0.15) is 4.60 Å². The molecule has 4 nitrogen and oxygen atoms in total. The highest BCUT2D eigenvalue weighted by atomic mass is 79.9. The molecule has 2 aromatic rings. The number of anilines is 1. The van der Waals surface area contributed by atoms with Crippen LogP contribution < -0.4 is 14.8 Å². The number of rotatable bonds is 3. The van der Waals surface area contributed by atoms with Crippen molar-refractivity contribution in [3.63, 3.8) is 0 Å². The fourth-order valence-corrected chi connectivity index (χ4v) is 2.23. The zero-order valence-corrected chi connectivity index (χ0v) is 11.1. The molecule has 5 heteroatoms. The summed E-state index contributed by atoms with van der Waals surface area (Å²) in [7, 11) is 0. The number of hydrogen-bond acceptors (Lipinski definition) is 4. The average molecular weight is 307 g/mol. The third-order valence-corrected chi connectivity index (χ3v) is 3.34. The van der Waals surface area contributed by atoms with Crippen LogP contribution in [0, 0.1) is 0 Å². The molecule has 1 aliphatic rings. The Labute approximate surface area is 113 Å². The fraction of sp³-hybridized carbons (Fsp3) is 0.154. The van der Waals surface area contributed by atoms with Gasteiger partial charge in [0.2, 0.25) is 6.79 Å². The minimum absolute atomic E-state index is 0.295. The average Bonchev–Trinajstić information content (AvgIpc) is 2.86. The molecule has 0 bridgehead atoms. The second kappa shape index (κ2) is 4.86. The number of para-hydroxylation sites is 1. The van der Waals surface area contributed by atoms with Gasteiger partial charge in [0.05, 0.1) is 5.69 Å².